The van der Waals surface area contributed by atoms with E-state index < -0.39 is 0 Å². The molecule has 2 nitrogen and oxygen atoms in total. The van der Waals surface area contributed by atoms with Gasteiger partial charge in [0.2, 0.25) is 0 Å². The molecule has 106 valence electrons. The van der Waals surface area contributed by atoms with E-state index in [2.05, 4.69) is 34.7 Å². The molecule has 2 aliphatic rings. The van der Waals surface area contributed by atoms with Crippen molar-refractivity contribution in [1.29, 1.82) is 0 Å². The smallest absolute Gasteiger partial charge is 0.0113 e. The lowest BCUT2D eigenvalue weighted by molar-refractivity contribution is 0.0261. The van der Waals surface area contributed by atoms with Crippen molar-refractivity contribution in [1.82, 2.24) is 10.2 Å². The minimum Gasteiger partial charge on any atom is -0.314 e. The number of piperidine rings is 2. The molecular formula is C16H26N2S. The number of nitrogens with one attached hydrogen (secondary N) is 1. The Morgan fingerprint density at radius 3 is 2.74 bits per heavy atom. The summed E-state index contributed by atoms with van der Waals surface area (Å²) >= 11 is 1.91. The first-order chi connectivity index (χ1) is 9.36. The van der Waals surface area contributed by atoms with Crippen LogP contribution in [0.25, 0.3) is 0 Å². The highest BCUT2D eigenvalue weighted by Gasteiger charge is 2.37. The summed E-state index contributed by atoms with van der Waals surface area (Å²) in [6.07, 6.45) is 8.27. The van der Waals surface area contributed by atoms with Crippen LogP contribution in [0.1, 0.15) is 43.9 Å². The normalized spacial score (nSPS) is 31.5. The van der Waals surface area contributed by atoms with Gasteiger partial charge in [-0.2, -0.15) is 0 Å². The molecule has 0 saturated carbocycles. The molecule has 3 heterocycles. The number of rotatable bonds is 5. The van der Waals surface area contributed by atoms with E-state index in [0.29, 0.717) is 0 Å². The van der Waals surface area contributed by atoms with Crippen molar-refractivity contribution in [2.24, 2.45) is 0 Å². The van der Waals surface area contributed by atoms with Gasteiger partial charge in [0.05, 0.1) is 0 Å². The van der Waals surface area contributed by atoms with Crippen molar-refractivity contribution in [3.63, 3.8) is 0 Å². The van der Waals surface area contributed by atoms with Crippen molar-refractivity contribution >= 4 is 11.3 Å². The number of hydrogen-bond donors (Lipinski definition) is 1. The molecule has 2 atom stereocenters. The maximum absolute atomic E-state index is 3.68. The van der Waals surface area contributed by atoms with Crippen LogP contribution in [0, 0.1) is 0 Å². The Kier molecular flexibility index (Phi) is 4.57. The van der Waals surface area contributed by atoms with E-state index >= 15 is 0 Å². The molecule has 1 N–H and O–H groups in total. The number of hydrogen-bond acceptors (Lipinski definition) is 3. The monoisotopic (exact) mass is 278 g/mol. The summed E-state index contributed by atoms with van der Waals surface area (Å²) in [6.45, 7) is 4.63. The fourth-order valence-electron chi connectivity index (χ4n) is 3.99. The van der Waals surface area contributed by atoms with E-state index in [1.807, 2.05) is 11.3 Å². The zero-order valence-corrected chi connectivity index (χ0v) is 12.8. The maximum atomic E-state index is 3.68. The second kappa shape index (κ2) is 6.38. The van der Waals surface area contributed by atoms with Gasteiger partial charge >= 0.3 is 0 Å². The third kappa shape index (κ3) is 3.21. The zero-order valence-electron chi connectivity index (χ0n) is 12.0. The lowest BCUT2D eigenvalue weighted by Gasteiger charge is -2.49. The van der Waals surface area contributed by atoms with Crippen molar-refractivity contribution in [3.8, 4) is 0 Å². The van der Waals surface area contributed by atoms with Crippen LogP contribution in [-0.2, 0) is 6.42 Å². The molecule has 0 spiro atoms. The molecule has 1 aromatic heterocycles. The third-order valence-corrected chi connectivity index (χ3v) is 5.75. The quantitative estimate of drug-likeness (QED) is 0.889. The van der Waals surface area contributed by atoms with E-state index in [4.69, 9.17) is 0 Å². The molecule has 3 heteroatoms. The minimum atomic E-state index is 0.776. The predicted molar refractivity (Wildman–Crippen MR) is 82.9 cm³/mol. The lowest BCUT2D eigenvalue weighted by Crippen LogP contribution is -2.56. The van der Waals surface area contributed by atoms with Crippen molar-refractivity contribution < 1.29 is 0 Å². The van der Waals surface area contributed by atoms with Crippen LogP contribution >= 0.6 is 11.3 Å². The Morgan fingerprint density at radius 2 is 2.11 bits per heavy atom. The molecule has 2 bridgehead atoms. The van der Waals surface area contributed by atoms with Crippen molar-refractivity contribution in [3.05, 3.63) is 22.4 Å². The average Bonchev–Trinajstić information content (AvgIpc) is 2.89. The van der Waals surface area contributed by atoms with Gasteiger partial charge in [0.15, 0.2) is 0 Å². The first-order valence-electron chi connectivity index (χ1n) is 7.88. The van der Waals surface area contributed by atoms with E-state index in [1.165, 1.54) is 45.1 Å². The fourth-order valence-corrected chi connectivity index (χ4v) is 4.69. The van der Waals surface area contributed by atoms with Gasteiger partial charge in [0.25, 0.3) is 0 Å². The van der Waals surface area contributed by atoms with E-state index in [1.54, 1.807) is 4.88 Å². The molecule has 2 saturated heterocycles. The maximum Gasteiger partial charge on any atom is 0.0113 e. The molecule has 0 amide bonds. The summed E-state index contributed by atoms with van der Waals surface area (Å²) in [5.74, 6) is 0. The summed E-state index contributed by atoms with van der Waals surface area (Å²) in [5, 5.41) is 5.88. The minimum absolute atomic E-state index is 0.776. The molecular weight excluding hydrogens is 252 g/mol. The molecule has 3 rings (SSSR count). The summed E-state index contributed by atoms with van der Waals surface area (Å²) in [7, 11) is 0. The highest BCUT2D eigenvalue weighted by molar-refractivity contribution is 7.09. The Morgan fingerprint density at radius 1 is 1.32 bits per heavy atom. The van der Waals surface area contributed by atoms with E-state index in [9.17, 15) is 0 Å². The zero-order chi connectivity index (χ0) is 13.1. The van der Waals surface area contributed by atoms with Crippen LogP contribution < -0.4 is 5.32 Å². The topological polar surface area (TPSA) is 15.3 Å². The molecule has 19 heavy (non-hydrogen) atoms. The molecule has 2 aliphatic heterocycles. The lowest BCUT2D eigenvalue weighted by atomic mass is 9.81. The van der Waals surface area contributed by atoms with Crippen LogP contribution in [0.4, 0.5) is 0 Å². The van der Waals surface area contributed by atoms with Crippen molar-refractivity contribution in [2.75, 3.05) is 13.1 Å². The molecule has 2 fully saturated rings. The first kappa shape index (κ1) is 13.6. The van der Waals surface area contributed by atoms with Crippen LogP contribution in [0.15, 0.2) is 17.5 Å². The van der Waals surface area contributed by atoms with Gasteiger partial charge in [-0.15, -0.1) is 11.3 Å². The predicted octanol–water partition coefficient (Wildman–Crippen LogP) is 3.29. The SMILES string of the molecule is CCNC1CC2CCCC(C1)N2CCc1cccs1. The van der Waals surface area contributed by atoms with Crippen LogP contribution in [0.2, 0.25) is 0 Å². The first-order valence-corrected chi connectivity index (χ1v) is 8.76. The molecule has 0 aliphatic carbocycles. The van der Waals surface area contributed by atoms with Gasteiger partial charge in [-0.25, -0.2) is 0 Å². The molecule has 0 radical (unpaired) electrons. The number of fused-ring (bicyclic) bond motifs is 2. The van der Waals surface area contributed by atoms with Crippen LogP contribution in [-0.4, -0.2) is 36.1 Å². The van der Waals surface area contributed by atoms with Gasteiger partial charge in [0.1, 0.15) is 0 Å². The van der Waals surface area contributed by atoms with Crippen LogP contribution in [0.5, 0.6) is 0 Å². The highest BCUT2D eigenvalue weighted by atomic mass is 32.1. The molecule has 0 aromatic carbocycles. The largest absolute Gasteiger partial charge is 0.314 e. The third-order valence-electron chi connectivity index (χ3n) is 4.82. The Labute approximate surface area is 121 Å². The van der Waals surface area contributed by atoms with E-state index in [-0.39, 0.29) is 0 Å². The fraction of sp³-hybridized carbons (Fsp3) is 0.750. The van der Waals surface area contributed by atoms with Gasteiger partial charge in [-0.05, 0) is 50.1 Å². The highest BCUT2D eigenvalue weighted by Crippen LogP contribution is 2.34. The number of nitrogens with zero attached hydrogens (tertiary/aromatic N) is 1. The molecule has 1 aromatic rings. The summed E-state index contributed by atoms with van der Waals surface area (Å²) in [6, 6.07) is 6.93. The standard InChI is InChI=1S/C16H26N2S/c1-2-17-13-11-14-5-3-6-15(12-13)18(14)9-8-16-7-4-10-19-16/h4,7,10,13-15,17H,2-3,5-6,8-9,11-12H2,1H3. The van der Waals surface area contributed by atoms with Gasteiger partial charge in [-0.1, -0.05) is 19.4 Å². The second-order valence-corrected chi connectivity index (χ2v) is 7.06. The second-order valence-electron chi connectivity index (χ2n) is 6.03. The summed E-state index contributed by atoms with van der Waals surface area (Å²) in [5.41, 5.74) is 0. The van der Waals surface area contributed by atoms with E-state index in [0.717, 1.165) is 24.7 Å². The summed E-state index contributed by atoms with van der Waals surface area (Å²) < 4.78 is 0. The van der Waals surface area contributed by atoms with Gasteiger partial charge in [-0.3, -0.25) is 4.90 Å². The van der Waals surface area contributed by atoms with Crippen molar-refractivity contribution in [2.45, 2.75) is 63.6 Å². The Bertz CT molecular complexity index is 362. The molecule has 2 unspecified atom stereocenters. The number of thiophene rings is 1. The average molecular weight is 278 g/mol. The van der Waals surface area contributed by atoms with Gasteiger partial charge in [0, 0.05) is 29.5 Å². The summed E-state index contributed by atoms with van der Waals surface area (Å²) in [4.78, 5) is 4.38. The Balaban J connectivity index is 1.59. The Hall–Kier alpha value is -0.380. The van der Waals surface area contributed by atoms with Crippen LogP contribution in [0.3, 0.4) is 0 Å². The van der Waals surface area contributed by atoms with Gasteiger partial charge < -0.3 is 5.32 Å².